The van der Waals surface area contributed by atoms with Crippen LogP contribution >= 0.6 is 15.2 Å². The van der Waals surface area contributed by atoms with Crippen LogP contribution in [0, 0.1) is 5.92 Å². The molecule has 0 radical (unpaired) electrons. The van der Waals surface area contributed by atoms with E-state index in [1.807, 2.05) is 0 Å². The Balaban J connectivity index is 5.17. The Labute approximate surface area is 128 Å². The summed E-state index contributed by atoms with van der Waals surface area (Å²) in [4.78, 5) is 47.6. The van der Waals surface area contributed by atoms with Crippen molar-refractivity contribution in [1.82, 2.24) is 4.90 Å². The van der Waals surface area contributed by atoms with E-state index in [0.29, 0.717) is 11.6 Å². The van der Waals surface area contributed by atoms with Crippen LogP contribution in [0.25, 0.3) is 0 Å². The van der Waals surface area contributed by atoms with Gasteiger partial charge >= 0.3 is 21.2 Å². The molecular formula is C11H21NO8P2. The van der Waals surface area contributed by atoms with Gasteiger partial charge < -0.3 is 24.7 Å². The highest BCUT2D eigenvalue weighted by Gasteiger charge is 2.27. The molecule has 9 nitrogen and oxygen atoms in total. The molecule has 0 unspecified atom stereocenters. The van der Waals surface area contributed by atoms with Crippen LogP contribution in [0.15, 0.2) is 23.8 Å². The SMILES string of the molecule is CC(C)[C@@H](C(=O)O)N(CC=CP(=O)(O)O)CC=CP(=O)(O)O. The minimum atomic E-state index is -4.35. The lowest BCUT2D eigenvalue weighted by atomic mass is 10.0. The molecule has 0 rings (SSSR count). The molecule has 0 spiro atoms. The molecule has 1 atom stereocenters. The second-order valence-corrected chi connectivity index (χ2v) is 7.88. The maximum atomic E-state index is 11.3. The number of aliphatic carboxylic acids is 1. The van der Waals surface area contributed by atoms with Crippen molar-refractivity contribution in [1.29, 1.82) is 0 Å². The summed E-state index contributed by atoms with van der Waals surface area (Å²) in [5, 5.41) is 9.24. The van der Waals surface area contributed by atoms with Crippen LogP contribution in [-0.2, 0) is 13.9 Å². The Morgan fingerprint density at radius 1 is 1.00 bits per heavy atom. The molecule has 0 aliphatic heterocycles. The van der Waals surface area contributed by atoms with Gasteiger partial charge in [0, 0.05) is 24.7 Å². The summed E-state index contributed by atoms with van der Waals surface area (Å²) in [7, 11) is -8.70. The molecule has 0 saturated carbocycles. The summed E-state index contributed by atoms with van der Waals surface area (Å²) in [6, 6.07) is -0.970. The van der Waals surface area contributed by atoms with E-state index in [1.165, 1.54) is 4.90 Å². The fraction of sp³-hybridized carbons (Fsp3) is 0.545. The summed E-state index contributed by atoms with van der Waals surface area (Å²) in [5.74, 6) is -0.133. The monoisotopic (exact) mass is 357 g/mol. The lowest BCUT2D eigenvalue weighted by molar-refractivity contribution is -0.144. The summed E-state index contributed by atoms with van der Waals surface area (Å²) in [5.41, 5.74) is 0. The fourth-order valence-electron chi connectivity index (χ4n) is 1.80. The van der Waals surface area contributed by atoms with Crippen LogP contribution in [0.3, 0.4) is 0 Å². The minimum absolute atomic E-state index is 0.0915. The van der Waals surface area contributed by atoms with E-state index in [9.17, 15) is 19.0 Å². The van der Waals surface area contributed by atoms with E-state index >= 15 is 0 Å². The molecule has 0 saturated heterocycles. The summed E-state index contributed by atoms with van der Waals surface area (Å²) in [6.45, 7) is 3.13. The molecule has 128 valence electrons. The van der Waals surface area contributed by atoms with Crippen molar-refractivity contribution < 1.29 is 38.6 Å². The highest BCUT2D eigenvalue weighted by molar-refractivity contribution is 7.55. The van der Waals surface area contributed by atoms with Gasteiger partial charge in [0.15, 0.2) is 0 Å². The topological polar surface area (TPSA) is 156 Å². The summed E-state index contributed by atoms with van der Waals surface area (Å²) >= 11 is 0. The maximum absolute atomic E-state index is 11.3. The van der Waals surface area contributed by atoms with E-state index in [2.05, 4.69) is 0 Å². The van der Waals surface area contributed by atoms with Crippen LogP contribution in [0.1, 0.15) is 13.8 Å². The molecule has 5 N–H and O–H groups in total. The normalized spacial score (nSPS) is 15.3. The molecule has 0 amide bonds. The Morgan fingerprint density at radius 3 is 1.59 bits per heavy atom. The Hall–Kier alpha value is -0.790. The highest BCUT2D eigenvalue weighted by Crippen LogP contribution is 2.36. The lowest BCUT2D eigenvalue weighted by Gasteiger charge is -2.29. The van der Waals surface area contributed by atoms with Crippen molar-refractivity contribution in [3.05, 3.63) is 23.8 Å². The van der Waals surface area contributed by atoms with E-state index in [4.69, 9.17) is 19.6 Å². The van der Waals surface area contributed by atoms with Crippen molar-refractivity contribution >= 4 is 21.2 Å². The Morgan fingerprint density at radius 2 is 1.36 bits per heavy atom. The van der Waals surface area contributed by atoms with E-state index in [0.717, 1.165) is 12.2 Å². The Kier molecular flexibility index (Phi) is 8.43. The first-order valence-corrected chi connectivity index (χ1v) is 9.62. The van der Waals surface area contributed by atoms with Crippen molar-refractivity contribution in [3.63, 3.8) is 0 Å². The number of carboxylic acid groups (broad SMARTS) is 1. The first kappa shape index (κ1) is 21.2. The molecule has 0 heterocycles. The van der Waals surface area contributed by atoms with Crippen LogP contribution < -0.4 is 0 Å². The largest absolute Gasteiger partial charge is 0.480 e. The zero-order valence-corrected chi connectivity index (χ0v) is 14.0. The number of hydrogen-bond acceptors (Lipinski definition) is 4. The van der Waals surface area contributed by atoms with Crippen LogP contribution in [0.2, 0.25) is 0 Å². The standard InChI is InChI=1S/C11H21NO8P2/c1-9(2)10(11(13)14)12(5-3-7-21(15,16)17)6-4-8-22(18,19)20/h3-4,7-10H,5-6H2,1-2H3,(H,13,14)(H2,15,16,17)(H2,18,19,20)/t10-/m0/s1. The van der Waals surface area contributed by atoms with Gasteiger partial charge in [0.1, 0.15) is 6.04 Å². The second-order valence-electron chi connectivity index (χ2n) is 4.93. The summed E-state index contributed by atoms with van der Waals surface area (Å²) < 4.78 is 21.5. The first-order chi connectivity index (χ1) is 9.83. The predicted octanol–water partition coefficient (Wildman–Crippen LogP) is 0.780. The van der Waals surface area contributed by atoms with Gasteiger partial charge in [-0.25, -0.2) is 0 Å². The number of rotatable bonds is 9. The summed E-state index contributed by atoms with van der Waals surface area (Å²) in [6.07, 6.45) is 2.26. The smallest absolute Gasteiger partial charge is 0.348 e. The molecule has 0 aliphatic rings. The molecule has 0 aromatic carbocycles. The molecule has 22 heavy (non-hydrogen) atoms. The van der Waals surface area contributed by atoms with Crippen LogP contribution in [0.4, 0.5) is 0 Å². The van der Waals surface area contributed by atoms with Gasteiger partial charge in [-0.2, -0.15) is 0 Å². The molecule has 0 bridgehead atoms. The van der Waals surface area contributed by atoms with Gasteiger partial charge in [-0.3, -0.25) is 18.8 Å². The molecule has 0 aliphatic carbocycles. The lowest BCUT2D eigenvalue weighted by Crippen LogP contribution is -2.45. The van der Waals surface area contributed by atoms with Gasteiger partial charge in [-0.05, 0) is 5.92 Å². The molecule has 11 heteroatoms. The minimum Gasteiger partial charge on any atom is -0.480 e. The zero-order valence-electron chi connectivity index (χ0n) is 12.2. The van der Waals surface area contributed by atoms with Gasteiger partial charge in [0.25, 0.3) is 0 Å². The third-order valence-corrected chi connectivity index (χ3v) is 3.76. The maximum Gasteiger partial charge on any atom is 0.348 e. The van der Waals surface area contributed by atoms with E-state index < -0.39 is 27.2 Å². The molecule has 0 aromatic heterocycles. The van der Waals surface area contributed by atoms with Gasteiger partial charge in [-0.1, -0.05) is 26.0 Å². The third-order valence-electron chi connectivity index (χ3n) is 2.56. The fourth-order valence-corrected chi connectivity index (χ4v) is 2.54. The van der Waals surface area contributed by atoms with Gasteiger partial charge in [0.2, 0.25) is 0 Å². The second kappa shape index (κ2) is 8.74. The van der Waals surface area contributed by atoms with Crippen molar-refractivity contribution in [2.24, 2.45) is 5.92 Å². The van der Waals surface area contributed by atoms with E-state index in [-0.39, 0.29) is 19.0 Å². The van der Waals surface area contributed by atoms with Crippen molar-refractivity contribution in [2.75, 3.05) is 13.1 Å². The number of carboxylic acids is 1. The van der Waals surface area contributed by atoms with Crippen molar-refractivity contribution in [2.45, 2.75) is 19.9 Å². The molecular weight excluding hydrogens is 336 g/mol. The van der Waals surface area contributed by atoms with Crippen molar-refractivity contribution in [3.8, 4) is 0 Å². The predicted molar refractivity (Wildman–Crippen MR) is 80.2 cm³/mol. The van der Waals surface area contributed by atoms with Crippen LogP contribution in [-0.4, -0.2) is 54.7 Å². The van der Waals surface area contributed by atoms with Gasteiger partial charge in [0.05, 0.1) is 0 Å². The first-order valence-electron chi connectivity index (χ1n) is 6.26. The van der Waals surface area contributed by atoms with Gasteiger partial charge in [-0.15, -0.1) is 0 Å². The third kappa shape index (κ3) is 10.0. The quantitative estimate of drug-likeness (QED) is 0.376. The van der Waals surface area contributed by atoms with Crippen LogP contribution in [0.5, 0.6) is 0 Å². The number of hydrogen-bond donors (Lipinski definition) is 5. The Bertz CT molecular complexity index is 484. The average molecular weight is 357 g/mol. The number of carbonyl (C=O) groups is 1. The molecule has 0 aromatic rings. The van der Waals surface area contributed by atoms with E-state index in [1.54, 1.807) is 13.8 Å². The molecule has 0 fully saturated rings. The number of nitrogens with zero attached hydrogens (tertiary/aromatic N) is 1. The highest BCUT2D eigenvalue weighted by atomic mass is 31.2. The zero-order chi connectivity index (χ0) is 17.6. The average Bonchev–Trinajstić information content (AvgIpc) is 2.23.